The van der Waals surface area contributed by atoms with E-state index in [-0.39, 0.29) is 11.9 Å². The van der Waals surface area contributed by atoms with Crippen LogP contribution in [0.5, 0.6) is 0 Å². The standard InChI is InChI=1S/C19H20ClNOS/c1-3-17(20)18(23-16-12-8-5-9-13-16)19(22)21-14(2)15-10-6-4-7-11-15/h4-14H,3H2,1-2H3,(H,21,22)/b18-17+/t14-/m0/s1. The number of benzene rings is 2. The Bertz CT molecular complexity index is 670. The topological polar surface area (TPSA) is 29.1 Å². The first-order valence-electron chi connectivity index (χ1n) is 7.59. The maximum absolute atomic E-state index is 12.7. The van der Waals surface area contributed by atoms with Crippen molar-refractivity contribution in [2.75, 3.05) is 0 Å². The lowest BCUT2D eigenvalue weighted by atomic mass is 10.1. The van der Waals surface area contributed by atoms with E-state index < -0.39 is 0 Å². The van der Waals surface area contributed by atoms with Crippen LogP contribution >= 0.6 is 23.4 Å². The highest BCUT2D eigenvalue weighted by molar-refractivity contribution is 8.04. The van der Waals surface area contributed by atoms with E-state index in [0.717, 1.165) is 10.5 Å². The predicted octanol–water partition coefficient (Wildman–Crippen LogP) is 5.52. The Kier molecular flexibility index (Phi) is 6.75. The molecule has 0 aliphatic rings. The normalized spacial score (nSPS) is 13.2. The molecule has 2 nitrogen and oxygen atoms in total. The van der Waals surface area contributed by atoms with E-state index in [1.54, 1.807) is 0 Å². The number of allylic oxidation sites excluding steroid dienone is 1. The summed E-state index contributed by atoms with van der Waals surface area (Å²) < 4.78 is 0. The number of thioether (sulfide) groups is 1. The molecule has 4 heteroatoms. The van der Waals surface area contributed by atoms with Gasteiger partial charge in [-0.3, -0.25) is 4.79 Å². The molecule has 2 aromatic carbocycles. The van der Waals surface area contributed by atoms with Gasteiger partial charge >= 0.3 is 0 Å². The molecule has 1 atom stereocenters. The number of hydrogen-bond acceptors (Lipinski definition) is 2. The van der Waals surface area contributed by atoms with Crippen LogP contribution in [-0.2, 0) is 4.79 Å². The average molecular weight is 346 g/mol. The summed E-state index contributed by atoms with van der Waals surface area (Å²) in [6.45, 7) is 3.92. The van der Waals surface area contributed by atoms with Gasteiger partial charge in [0.25, 0.3) is 5.91 Å². The summed E-state index contributed by atoms with van der Waals surface area (Å²) in [5.74, 6) is -0.137. The lowest BCUT2D eigenvalue weighted by Crippen LogP contribution is -2.27. The first-order chi connectivity index (χ1) is 11.1. The Hall–Kier alpha value is -1.71. The van der Waals surface area contributed by atoms with Crippen LogP contribution in [0.4, 0.5) is 0 Å². The molecule has 0 saturated heterocycles. The van der Waals surface area contributed by atoms with Crippen LogP contribution in [0.3, 0.4) is 0 Å². The fourth-order valence-electron chi connectivity index (χ4n) is 2.08. The van der Waals surface area contributed by atoms with Crippen LogP contribution in [0.2, 0.25) is 0 Å². The highest BCUT2D eigenvalue weighted by Gasteiger charge is 2.18. The van der Waals surface area contributed by atoms with E-state index >= 15 is 0 Å². The van der Waals surface area contributed by atoms with Crippen LogP contribution in [0.1, 0.15) is 31.9 Å². The first-order valence-corrected chi connectivity index (χ1v) is 8.78. The summed E-state index contributed by atoms with van der Waals surface area (Å²) in [5.41, 5.74) is 1.07. The van der Waals surface area contributed by atoms with Crippen molar-refractivity contribution in [2.45, 2.75) is 31.2 Å². The zero-order valence-corrected chi connectivity index (χ0v) is 14.8. The van der Waals surface area contributed by atoms with Crippen molar-refractivity contribution in [1.82, 2.24) is 5.32 Å². The van der Waals surface area contributed by atoms with Crippen molar-refractivity contribution in [3.63, 3.8) is 0 Å². The molecule has 0 heterocycles. The fraction of sp³-hybridized carbons (Fsp3) is 0.211. The maximum Gasteiger partial charge on any atom is 0.259 e. The SMILES string of the molecule is CC/C(Cl)=C(\Sc1ccccc1)C(=O)N[C@@H](C)c1ccccc1. The Balaban J connectivity index is 2.15. The zero-order valence-electron chi connectivity index (χ0n) is 13.3. The third-order valence-corrected chi connectivity index (χ3v) is 5.09. The minimum Gasteiger partial charge on any atom is -0.345 e. The van der Waals surface area contributed by atoms with Crippen LogP contribution < -0.4 is 5.32 Å². The molecular weight excluding hydrogens is 326 g/mol. The molecule has 1 N–H and O–H groups in total. The molecule has 0 bridgehead atoms. The summed E-state index contributed by atoms with van der Waals surface area (Å²) in [4.78, 5) is 14.2. The van der Waals surface area contributed by atoms with Crippen molar-refractivity contribution in [1.29, 1.82) is 0 Å². The minimum atomic E-state index is -0.137. The molecule has 0 unspecified atom stereocenters. The Morgan fingerprint density at radius 2 is 1.65 bits per heavy atom. The van der Waals surface area contributed by atoms with Gasteiger partial charge in [0.15, 0.2) is 0 Å². The quantitative estimate of drug-likeness (QED) is 0.552. The summed E-state index contributed by atoms with van der Waals surface area (Å²) in [7, 11) is 0. The van der Waals surface area contributed by atoms with Crippen molar-refractivity contribution in [3.8, 4) is 0 Å². The third-order valence-electron chi connectivity index (χ3n) is 3.37. The second-order valence-electron chi connectivity index (χ2n) is 5.11. The van der Waals surface area contributed by atoms with Gasteiger partial charge in [-0.15, -0.1) is 0 Å². The summed E-state index contributed by atoms with van der Waals surface area (Å²) in [5, 5.41) is 3.61. The Labute approximate surface area is 146 Å². The van der Waals surface area contributed by atoms with E-state index in [4.69, 9.17) is 11.6 Å². The Morgan fingerprint density at radius 3 is 2.22 bits per heavy atom. The summed E-state index contributed by atoms with van der Waals surface area (Å²) in [6.07, 6.45) is 0.629. The van der Waals surface area contributed by atoms with Gasteiger partial charge in [0.05, 0.1) is 10.9 Å². The van der Waals surface area contributed by atoms with Gasteiger partial charge in [0.2, 0.25) is 0 Å². The zero-order chi connectivity index (χ0) is 16.7. The molecule has 0 spiro atoms. The number of amides is 1. The number of carbonyl (C=O) groups is 1. The molecule has 0 saturated carbocycles. The predicted molar refractivity (Wildman–Crippen MR) is 98.5 cm³/mol. The van der Waals surface area contributed by atoms with Crippen molar-refractivity contribution >= 4 is 29.3 Å². The molecule has 0 aliphatic carbocycles. The molecular formula is C19H20ClNOS. The van der Waals surface area contributed by atoms with Gasteiger partial charge in [0, 0.05) is 9.93 Å². The average Bonchev–Trinajstić information content (AvgIpc) is 2.60. The molecule has 23 heavy (non-hydrogen) atoms. The Morgan fingerprint density at radius 1 is 1.09 bits per heavy atom. The highest BCUT2D eigenvalue weighted by Crippen LogP contribution is 2.32. The van der Waals surface area contributed by atoms with E-state index in [1.807, 2.05) is 74.5 Å². The van der Waals surface area contributed by atoms with E-state index in [0.29, 0.717) is 16.4 Å². The smallest absolute Gasteiger partial charge is 0.259 e. The van der Waals surface area contributed by atoms with Crippen molar-refractivity contribution < 1.29 is 4.79 Å². The lowest BCUT2D eigenvalue weighted by molar-refractivity contribution is -0.117. The second kappa shape index (κ2) is 8.80. The molecule has 2 aromatic rings. The molecule has 120 valence electrons. The lowest BCUT2D eigenvalue weighted by Gasteiger charge is -2.16. The van der Waals surface area contributed by atoms with Crippen LogP contribution in [0.15, 0.2) is 75.5 Å². The van der Waals surface area contributed by atoms with Crippen molar-refractivity contribution in [3.05, 3.63) is 76.2 Å². The first kappa shape index (κ1) is 17.6. The fourth-order valence-corrected chi connectivity index (χ4v) is 3.22. The van der Waals surface area contributed by atoms with E-state index in [2.05, 4.69) is 5.32 Å². The highest BCUT2D eigenvalue weighted by atomic mass is 35.5. The molecule has 1 amide bonds. The molecule has 2 rings (SSSR count). The molecule has 0 aliphatic heterocycles. The van der Waals surface area contributed by atoms with Crippen LogP contribution in [0, 0.1) is 0 Å². The van der Waals surface area contributed by atoms with E-state index in [1.165, 1.54) is 11.8 Å². The molecule has 0 radical (unpaired) electrons. The van der Waals surface area contributed by atoms with Crippen LogP contribution in [-0.4, -0.2) is 5.91 Å². The van der Waals surface area contributed by atoms with Crippen molar-refractivity contribution in [2.24, 2.45) is 0 Å². The number of hydrogen-bond donors (Lipinski definition) is 1. The summed E-state index contributed by atoms with van der Waals surface area (Å²) in [6, 6.07) is 19.6. The molecule has 0 fully saturated rings. The number of nitrogens with one attached hydrogen (secondary N) is 1. The second-order valence-corrected chi connectivity index (χ2v) is 6.65. The largest absolute Gasteiger partial charge is 0.345 e. The third kappa shape index (κ3) is 5.15. The van der Waals surface area contributed by atoms with Gasteiger partial charge in [-0.05, 0) is 31.0 Å². The van der Waals surface area contributed by atoms with Gasteiger partial charge in [-0.1, -0.05) is 78.8 Å². The minimum absolute atomic E-state index is 0.0728. The summed E-state index contributed by atoms with van der Waals surface area (Å²) >= 11 is 7.71. The van der Waals surface area contributed by atoms with Gasteiger partial charge in [-0.2, -0.15) is 0 Å². The van der Waals surface area contributed by atoms with Gasteiger partial charge < -0.3 is 5.32 Å². The molecule has 0 aromatic heterocycles. The van der Waals surface area contributed by atoms with Crippen LogP contribution in [0.25, 0.3) is 0 Å². The number of rotatable bonds is 6. The van der Waals surface area contributed by atoms with Gasteiger partial charge in [0.1, 0.15) is 0 Å². The van der Waals surface area contributed by atoms with E-state index in [9.17, 15) is 4.79 Å². The number of carbonyl (C=O) groups excluding carboxylic acids is 1. The van der Waals surface area contributed by atoms with Gasteiger partial charge in [-0.25, -0.2) is 0 Å². The monoisotopic (exact) mass is 345 g/mol. The maximum atomic E-state index is 12.7. The number of halogens is 1.